The number of hydrogen-bond acceptors (Lipinski definition) is 3. The highest BCUT2D eigenvalue weighted by atomic mass is 127. The number of hydrogen-bond donors (Lipinski definition) is 1. The van der Waals surface area contributed by atoms with Crippen LogP contribution in [0.3, 0.4) is 0 Å². The second kappa shape index (κ2) is 8.31. The number of nitrogens with one attached hydrogen (secondary N) is 1. The van der Waals surface area contributed by atoms with Gasteiger partial charge < -0.3 is 10.2 Å². The summed E-state index contributed by atoms with van der Waals surface area (Å²) in [6.07, 6.45) is 10.0. The van der Waals surface area contributed by atoms with E-state index < -0.39 is 9.84 Å². The van der Waals surface area contributed by atoms with Crippen molar-refractivity contribution in [3.63, 3.8) is 0 Å². The van der Waals surface area contributed by atoms with E-state index in [2.05, 4.69) is 10.2 Å². The topological polar surface area (TPSA) is 61.8 Å². The van der Waals surface area contributed by atoms with E-state index in [4.69, 9.17) is 4.99 Å². The fourth-order valence-corrected chi connectivity index (χ4v) is 6.50. The van der Waals surface area contributed by atoms with Gasteiger partial charge in [-0.25, -0.2) is 8.42 Å². The highest BCUT2D eigenvalue weighted by Crippen LogP contribution is 2.41. The normalized spacial score (nSPS) is 32.8. The highest BCUT2D eigenvalue weighted by Gasteiger charge is 2.37. The Morgan fingerprint density at radius 1 is 1.04 bits per heavy atom. The van der Waals surface area contributed by atoms with E-state index in [9.17, 15) is 8.42 Å². The lowest BCUT2D eigenvalue weighted by Crippen LogP contribution is -2.44. The molecule has 1 N–H and O–H groups in total. The average molecular weight is 481 g/mol. The number of nitrogens with zero attached hydrogens (tertiary/aromatic N) is 2. The van der Waals surface area contributed by atoms with E-state index in [-0.39, 0.29) is 29.9 Å². The highest BCUT2D eigenvalue weighted by molar-refractivity contribution is 14.0. The van der Waals surface area contributed by atoms with Crippen LogP contribution in [-0.2, 0) is 9.84 Å². The van der Waals surface area contributed by atoms with Crippen LogP contribution < -0.4 is 5.32 Å². The molecule has 0 aromatic heterocycles. The maximum atomic E-state index is 11.7. The Labute approximate surface area is 169 Å². The Kier molecular flexibility index (Phi) is 6.55. The van der Waals surface area contributed by atoms with Gasteiger partial charge in [0.2, 0.25) is 0 Å². The second-order valence-electron chi connectivity index (χ2n) is 8.39. The molecule has 0 amide bonds. The van der Waals surface area contributed by atoms with Gasteiger partial charge in [-0.2, -0.15) is 0 Å². The Bertz CT molecular complexity index is 585. The molecule has 144 valence electrons. The lowest BCUT2D eigenvalue weighted by atomic mass is 10.0. The van der Waals surface area contributed by atoms with Gasteiger partial charge in [-0.1, -0.05) is 12.8 Å². The number of halogens is 1. The van der Waals surface area contributed by atoms with E-state index >= 15 is 0 Å². The summed E-state index contributed by atoms with van der Waals surface area (Å²) in [6.45, 7) is 2.92. The minimum Gasteiger partial charge on any atom is -0.354 e. The van der Waals surface area contributed by atoms with Crippen LogP contribution in [0.2, 0.25) is 0 Å². The van der Waals surface area contributed by atoms with Crippen LogP contribution in [0.25, 0.3) is 0 Å². The molecule has 4 aliphatic rings. The zero-order valence-corrected chi connectivity index (χ0v) is 18.2. The third kappa shape index (κ3) is 5.23. The first-order valence-corrected chi connectivity index (χ1v) is 11.7. The molecule has 4 fully saturated rings. The number of aliphatic imine (C=N–C) groups is 1. The van der Waals surface area contributed by atoms with Crippen molar-refractivity contribution in [2.75, 3.05) is 31.1 Å². The molecule has 2 aliphatic heterocycles. The van der Waals surface area contributed by atoms with Crippen molar-refractivity contribution < 1.29 is 8.42 Å². The minimum atomic E-state index is -2.80. The molecule has 2 saturated carbocycles. The molecule has 5 nitrogen and oxygen atoms in total. The first-order valence-electron chi connectivity index (χ1n) is 9.85. The molecule has 2 saturated heterocycles. The summed E-state index contributed by atoms with van der Waals surface area (Å²) in [7, 11) is -2.80. The van der Waals surface area contributed by atoms with Gasteiger partial charge in [-0.15, -0.1) is 24.0 Å². The lowest BCUT2D eigenvalue weighted by molar-refractivity contribution is 0.424. The van der Waals surface area contributed by atoms with Crippen LogP contribution in [0.5, 0.6) is 0 Å². The molecule has 7 heteroatoms. The third-order valence-corrected chi connectivity index (χ3v) is 8.16. The van der Waals surface area contributed by atoms with Crippen molar-refractivity contribution in [1.82, 2.24) is 10.2 Å². The second-order valence-corrected chi connectivity index (χ2v) is 10.6. The van der Waals surface area contributed by atoms with Gasteiger partial charge in [0, 0.05) is 25.7 Å². The Hall–Kier alpha value is -0.0500. The molecule has 2 aliphatic carbocycles. The van der Waals surface area contributed by atoms with Gasteiger partial charge in [0.15, 0.2) is 15.8 Å². The number of sulfone groups is 1. The smallest absolute Gasteiger partial charge is 0.194 e. The fraction of sp³-hybridized carbons (Fsp3) is 0.944. The van der Waals surface area contributed by atoms with Gasteiger partial charge in [0.25, 0.3) is 0 Å². The predicted octanol–water partition coefficient (Wildman–Crippen LogP) is 2.66. The zero-order valence-electron chi connectivity index (χ0n) is 15.0. The third-order valence-electron chi connectivity index (χ3n) is 6.33. The maximum absolute atomic E-state index is 11.7. The SMILES string of the molecule is I.O=S1(=O)CCC(CN=C(NC2CCCC2)N2CCC(C3CC3)C2)C1. The number of likely N-dealkylation sites (tertiary alicyclic amines) is 1. The molecule has 0 bridgehead atoms. The molecule has 0 aromatic carbocycles. The van der Waals surface area contributed by atoms with E-state index in [1.54, 1.807) is 0 Å². The fourth-order valence-electron chi connectivity index (χ4n) is 4.65. The quantitative estimate of drug-likeness (QED) is 0.381. The monoisotopic (exact) mass is 481 g/mol. The van der Waals surface area contributed by atoms with E-state index in [0.29, 0.717) is 24.1 Å². The van der Waals surface area contributed by atoms with Crippen LogP contribution in [0.1, 0.15) is 51.4 Å². The zero-order chi connectivity index (χ0) is 16.6. The van der Waals surface area contributed by atoms with Gasteiger partial charge in [0.05, 0.1) is 11.5 Å². The van der Waals surface area contributed by atoms with Crippen molar-refractivity contribution in [1.29, 1.82) is 0 Å². The molecule has 0 spiro atoms. The van der Waals surface area contributed by atoms with Crippen LogP contribution in [0, 0.1) is 17.8 Å². The average Bonchev–Trinajstić information content (AvgIpc) is 2.97. The van der Waals surface area contributed by atoms with Crippen molar-refractivity contribution in [3.8, 4) is 0 Å². The molecule has 0 radical (unpaired) electrons. The molecule has 2 heterocycles. The molecule has 2 atom stereocenters. The molecule has 25 heavy (non-hydrogen) atoms. The van der Waals surface area contributed by atoms with Crippen molar-refractivity contribution in [2.45, 2.75) is 57.4 Å². The van der Waals surface area contributed by atoms with E-state index in [1.165, 1.54) is 44.9 Å². The van der Waals surface area contributed by atoms with Crippen molar-refractivity contribution in [2.24, 2.45) is 22.7 Å². The molecule has 4 rings (SSSR count). The first-order chi connectivity index (χ1) is 11.6. The minimum absolute atomic E-state index is 0. The van der Waals surface area contributed by atoms with Crippen LogP contribution in [0.4, 0.5) is 0 Å². The summed E-state index contributed by atoms with van der Waals surface area (Å²) >= 11 is 0. The summed E-state index contributed by atoms with van der Waals surface area (Å²) in [4.78, 5) is 7.35. The van der Waals surface area contributed by atoms with Crippen LogP contribution in [-0.4, -0.2) is 56.5 Å². The Morgan fingerprint density at radius 2 is 1.80 bits per heavy atom. The number of guanidine groups is 1. The maximum Gasteiger partial charge on any atom is 0.194 e. The van der Waals surface area contributed by atoms with Crippen molar-refractivity contribution in [3.05, 3.63) is 0 Å². The number of rotatable bonds is 4. The lowest BCUT2D eigenvalue weighted by Gasteiger charge is -2.25. The summed E-state index contributed by atoms with van der Waals surface area (Å²) in [5.74, 6) is 3.78. The summed E-state index contributed by atoms with van der Waals surface area (Å²) in [5.41, 5.74) is 0. The Morgan fingerprint density at radius 3 is 2.44 bits per heavy atom. The molecular weight excluding hydrogens is 449 g/mol. The molecular formula is C18H32IN3O2S. The summed E-state index contributed by atoms with van der Waals surface area (Å²) in [6, 6.07) is 0.566. The van der Waals surface area contributed by atoms with E-state index in [0.717, 1.165) is 37.3 Å². The van der Waals surface area contributed by atoms with Crippen LogP contribution in [0.15, 0.2) is 4.99 Å². The molecule has 2 unspecified atom stereocenters. The summed E-state index contributed by atoms with van der Waals surface area (Å²) in [5, 5.41) is 3.71. The predicted molar refractivity (Wildman–Crippen MR) is 112 cm³/mol. The van der Waals surface area contributed by atoms with Gasteiger partial charge in [0.1, 0.15) is 0 Å². The Balaban J connectivity index is 0.00000182. The van der Waals surface area contributed by atoms with Gasteiger partial charge >= 0.3 is 0 Å². The summed E-state index contributed by atoms with van der Waals surface area (Å²) < 4.78 is 23.3. The van der Waals surface area contributed by atoms with Crippen LogP contribution >= 0.6 is 24.0 Å². The first kappa shape index (κ1) is 19.7. The standard InChI is InChI=1S/C18H31N3O2S.HI/c22-24(23)10-8-14(13-24)11-19-18(20-17-3-1-2-4-17)21-9-7-16(12-21)15-5-6-15;/h14-17H,1-13H2,(H,19,20);1H. The van der Waals surface area contributed by atoms with Gasteiger partial charge in [-0.3, -0.25) is 4.99 Å². The molecule has 0 aromatic rings. The largest absolute Gasteiger partial charge is 0.354 e. The van der Waals surface area contributed by atoms with Gasteiger partial charge in [-0.05, 0) is 56.3 Å². The van der Waals surface area contributed by atoms with E-state index in [1.807, 2.05) is 0 Å². The van der Waals surface area contributed by atoms with Crippen molar-refractivity contribution >= 4 is 39.8 Å².